The van der Waals surface area contributed by atoms with Gasteiger partial charge in [-0.1, -0.05) is 13.0 Å². The largest absolute Gasteiger partial charge is 0.349 e. The van der Waals surface area contributed by atoms with Crippen molar-refractivity contribution in [1.29, 1.82) is 0 Å². The first-order valence-corrected chi connectivity index (χ1v) is 7.12. The number of amides is 1. The lowest BCUT2D eigenvalue weighted by Crippen LogP contribution is -2.44. The normalized spacial score (nSPS) is 15.6. The first-order chi connectivity index (χ1) is 9.89. The Kier molecular flexibility index (Phi) is 4.18. The van der Waals surface area contributed by atoms with E-state index in [1.54, 1.807) is 0 Å². The third-order valence-electron chi connectivity index (χ3n) is 4.17. The predicted octanol–water partition coefficient (Wildman–Crippen LogP) is 1.41. The number of hydrogen-bond acceptors (Lipinski definition) is 3. The molecule has 2 rings (SSSR count). The highest BCUT2D eigenvalue weighted by Gasteiger charge is 2.30. The zero-order valence-electron chi connectivity index (χ0n) is 12.6. The van der Waals surface area contributed by atoms with Gasteiger partial charge in [0.2, 0.25) is 5.91 Å². The van der Waals surface area contributed by atoms with Gasteiger partial charge in [-0.25, -0.2) is 4.79 Å². The highest BCUT2D eigenvalue weighted by Crippen LogP contribution is 2.22. The van der Waals surface area contributed by atoms with Crippen molar-refractivity contribution in [3.05, 3.63) is 34.2 Å². The number of fused-ring (bicyclic) bond motifs is 1. The summed E-state index contributed by atoms with van der Waals surface area (Å²) in [5.41, 5.74) is 7.33. The van der Waals surface area contributed by atoms with Crippen LogP contribution in [0.1, 0.15) is 38.8 Å². The third kappa shape index (κ3) is 3.00. The molecule has 0 spiro atoms. The van der Waals surface area contributed by atoms with Gasteiger partial charge in [0, 0.05) is 6.54 Å². The van der Waals surface area contributed by atoms with Crippen molar-refractivity contribution in [2.75, 3.05) is 6.54 Å². The van der Waals surface area contributed by atoms with E-state index in [0.29, 0.717) is 13.0 Å². The van der Waals surface area contributed by atoms with E-state index in [1.165, 1.54) is 0 Å². The standard InChI is InChI=1S/C15H22N4O2/c1-4-15(3,8-16)13(20)17-9(2)10-5-6-11-12(7-10)19-14(21)18-11/h5-7,9H,4,8,16H2,1-3H3,(H,17,20)(H2,18,19,21). The van der Waals surface area contributed by atoms with Crippen LogP contribution in [0.25, 0.3) is 11.0 Å². The van der Waals surface area contributed by atoms with E-state index < -0.39 is 5.41 Å². The first-order valence-electron chi connectivity index (χ1n) is 7.12. The number of carbonyl (C=O) groups is 1. The van der Waals surface area contributed by atoms with Crippen LogP contribution in [0.15, 0.2) is 23.0 Å². The number of carbonyl (C=O) groups excluding carboxylic acids is 1. The molecule has 1 aromatic heterocycles. The van der Waals surface area contributed by atoms with E-state index in [1.807, 2.05) is 39.0 Å². The van der Waals surface area contributed by atoms with Crippen molar-refractivity contribution >= 4 is 16.9 Å². The second-order valence-electron chi connectivity index (χ2n) is 5.70. The highest BCUT2D eigenvalue weighted by atomic mass is 16.2. The highest BCUT2D eigenvalue weighted by molar-refractivity contribution is 5.83. The molecule has 0 fully saturated rings. The second kappa shape index (κ2) is 5.73. The Hall–Kier alpha value is -2.08. The smallest absolute Gasteiger partial charge is 0.323 e. The van der Waals surface area contributed by atoms with Crippen molar-refractivity contribution in [1.82, 2.24) is 15.3 Å². The van der Waals surface area contributed by atoms with Crippen LogP contribution in [0.5, 0.6) is 0 Å². The Morgan fingerprint density at radius 3 is 2.67 bits per heavy atom. The molecular weight excluding hydrogens is 268 g/mol. The summed E-state index contributed by atoms with van der Waals surface area (Å²) in [5.74, 6) is -0.0531. The summed E-state index contributed by atoms with van der Waals surface area (Å²) < 4.78 is 0. The minimum atomic E-state index is -0.555. The minimum absolute atomic E-state index is 0.0531. The molecule has 114 valence electrons. The number of H-pyrrole nitrogens is 2. The molecule has 6 heteroatoms. The molecule has 0 radical (unpaired) electrons. The number of aromatic amines is 2. The lowest BCUT2D eigenvalue weighted by atomic mass is 9.86. The van der Waals surface area contributed by atoms with Gasteiger partial charge in [0.1, 0.15) is 0 Å². The van der Waals surface area contributed by atoms with Gasteiger partial charge < -0.3 is 21.0 Å². The van der Waals surface area contributed by atoms with Gasteiger partial charge in [0.15, 0.2) is 0 Å². The average Bonchev–Trinajstić information content (AvgIpc) is 2.85. The van der Waals surface area contributed by atoms with Gasteiger partial charge >= 0.3 is 5.69 Å². The molecule has 1 heterocycles. The van der Waals surface area contributed by atoms with Gasteiger partial charge in [0.25, 0.3) is 0 Å². The number of benzene rings is 1. The van der Waals surface area contributed by atoms with E-state index in [2.05, 4.69) is 15.3 Å². The number of aromatic nitrogens is 2. The zero-order chi connectivity index (χ0) is 15.6. The summed E-state index contributed by atoms with van der Waals surface area (Å²) in [7, 11) is 0. The molecule has 0 bridgehead atoms. The van der Waals surface area contributed by atoms with Crippen molar-refractivity contribution in [3.8, 4) is 0 Å². The van der Waals surface area contributed by atoms with Crippen molar-refractivity contribution in [2.24, 2.45) is 11.1 Å². The molecule has 0 saturated carbocycles. The van der Waals surface area contributed by atoms with Crippen molar-refractivity contribution in [2.45, 2.75) is 33.2 Å². The van der Waals surface area contributed by atoms with Crippen LogP contribution in [0.2, 0.25) is 0 Å². The summed E-state index contributed by atoms with van der Waals surface area (Å²) in [6, 6.07) is 5.43. The molecule has 0 aliphatic heterocycles. The van der Waals surface area contributed by atoms with E-state index in [9.17, 15) is 9.59 Å². The fourth-order valence-electron chi connectivity index (χ4n) is 2.17. The Morgan fingerprint density at radius 2 is 2.05 bits per heavy atom. The quantitative estimate of drug-likeness (QED) is 0.669. The average molecular weight is 290 g/mol. The molecule has 2 atom stereocenters. The molecule has 2 aromatic rings. The van der Waals surface area contributed by atoms with Crippen LogP contribution >= 0.6 is 0 Å². The summed E-state index contributed by atoms with van der Waals surface area (Å²) in [6.45, 7) is 6.04. The maximum absolute atomic E-state index is 12.3. The fourth-order valence-corrected chi connectivity index (χ4v) is 2.17. The van der Waals surface area contributed by atoms with E-state index >= 15 is 0 Å². The van der Waals surface area contributed by atoms with Gasteiger partial charge in [-0.05, 0) is 38.0 Å². The lowest BCUT2D eigenvalue weighted by Gasteiger charge is -2.27. The number of hydrogen-bond donors (Lipinski definition) is 4. The molecule has 1 aromatic carbocycles. The molecule has 5 N–H and O–H groups in total. The Bertz CT molecular complexity index is 697. The SMILES string of the molecule is CCC(C)(CN)C(=O)NC(C)c1ccc2[nH]c(=O)[nH]c2c1. The Morgan fingerprint density at radius 1 is 1.38 bits per heavy atom. The van der Waals surface area contributed by atoms with Crippen molar-refractivity contribution < 1.29 is 4.79 Å². The number of rotatable bonds is 5. The van der Waals surface area contributed by atoms with Crippen molar-refractivity contribution in [3.63, 3.8) is 0 Å². The van der Waals surface area contributed by atoms with Crippen LogP contribution in [-0.4, -0.2) is 22.4 Å². The zero-order valence-corrected chi connectivity index (χ0v) is 12.6. The molecule has 0 saturated heterocycles. The van der Waals surface area contributed by atoms with Crippen LogP contribution in [0, 0.1) is 5.41 Å². The lowest BCUT2D eigenvalue weighted by molar-refractivity contribution is -0.130. The number of imidazole rings is 1. The first kappa shape index (κ1) is 15.3. The molecule has 0 aliphatic carbocycles. The van der Waals surface area contributed by atoms with E-state index in [-0.39, 0.29) is 17.6 Å². The molecule has 6 nitrogen and oxygen atoms in total. The Labute approximate surface area is 123 Å². The molecule has 1 amide bonds. The molecule has 2 unspecified atom stereocenters. The monoisotopic (exact) mass is 290 g/mol. The summed E-state index contributed by atoms with van der Waals surface area (Å²) >= 11 is 0. The molecular formula is C15H22N4O2. The Balaban J connectivity index is 2.20. The van der Waals surface area contributed by atoms with Gasteiger partial charge in [-0.15, -0.1) is 0 Å². The van der Waals surface area contributed by atoms with E-state index in [4.69, 9.17) is 5.73 Å². The van der Waals surface area contributed by atoms with Crippen LogP contribution in [0.4, 0.5) is 0 Å². The maximum Gasteiger partial charge on any atom is 0.323 e. The van der Waals surface area contributed by atoms with Gasteiger partial charge in [-0.2, -0.15) is 0 Å². The fraction of sp³-hybridized carbons (Fsp3) is 0.467. The topological polar surface area (TPSA) is 104 Å². The number of nitrogens with one attached hydrogen (secondary N) is 3. The third-order valence-corrected chi connectivity index (χ3v) is 4.17. The maximum atomic E-state index is 12.3. The second-order valence-corrected chi connectivity index (χ2v) is 5.70. The van der Waals surface area contributed by atoms with Gasteiger partial charge in [-0.3, -0.25) is 4.79 Å². The van der Waals surface area contributed by atoms with Crippen LogP contribution in [0.3, 0.4) is 0 Å². The van der Waals surface area contributed by atoms with Crippen LogP contribution in [-0.2, 0) is 4.79 Å². The molecule has 0 aliphatic rings. The van der Waals surface area contributed by atoms with Gasteiger partial charge in [0.05, 0.1) is 22.5 Å². The summed E-state index contributed by atoms with van der Waals surface area (Å²) in [6.07, 6.45) is 0.687. The minimum Gasteiger partial charge on any atom is -0.349 e. The molecule has 21 heavy (non-hydrogen) atoms. The van der Waals surface area contributed by atoms with Crippen LogP contribution < -0.4 is 16.7 Å². The van der Waals surface area contributed by atoms with E-state index in [0.717, 1.165) is 16.6 Å². The summed E-state index contributed by atoms with van der Waals surface area (Å²) in [4.78, 5) is 29.0. The number of nitrogens with two attached hydrogens (primary N) is 1. The predicted molar refractivity (Wildman–Crippen MR) is 82.9 cm³/mol. The summed E-state index contributed by atoms with van der Waals surface area (Å²) in [5, 5.41) is 2.99.